The van der Waals surface area contributed by atoms with Gasteiger partial charge < -0.3 is 10.1 Å². The van der Waals surface area contributed by atoms with E-state index in [9.17, 15) is 4.79 Å². The molecule has 0 saturated carbocycles. The summed E-state index contributed by atoms with van der Waals surface area (Å²) in [5.41, 5.74) is 3.76. The van der Waals surface area contributed by atoms with Crippen molar-refractivity contribution >= 4 is 17.2 Å². The summed E-state index contributed by atoms with van der Waals surface area (Å²) in [4.78, 5) is 16.6. The molecule has 0 saturated heterocycles. The molecule has 27 heavy (non-hydrogen) atoms. The second-order valence-electron chi connectivity index (χ2n) is 6.95. The van der Waals surface area contributed by atoms with E-state index in [1.165, 1.54) is 16.9 Å². The van der Waals surface area contributed by atoms with Gasteiger partial charge in [-0.15, -0.1) is 11.3 Å². The fourth-order valence-corrected chi connectivity index (χ4v) is 3.38. The zero-order valence-corrected chi connectivity index (χ0v) is 16.7. The maximum absolute atomic E-state index is 12.2. The van der Waals surface area contributed by atoms with E-state index in [0.29, 0.717) is 24.8 Å². The van der Waals surface area contributed by atoms with Gasteiger partial charge in [0.05, 0.1) is 0 Å². The topological polar surface area (TPSA) is 51.2 Å². The molecule has 4 nitrogen and oxygen atoms in total. The summed E-state index contributed by atoms with van der Waals surface area (Å²) >= 11 is 1.46. The Morgan fingerprint density at radius 3 is 2.78 bits per heavy atom. The van der Waals surface area contributed by atoms with Crippen LogP contribution in [0.4, 0.5) is 0 Å². The zero-order valence-electron chi connectivity index (χ0n) is 15.9. The average Bonchev–Trinajstić information content (AvgIpc) is 3.15. The van der Waals surface area contributed by atoms with Crippen molar-refractivity contribution < 1.29 is 9.53 Å². The van der Waals surface area contributed by atoms with Gasteiger partial charge in [-0.1, -0.05) is 55.8 Å². The van der Waals surface area contributed by atoms with E-state index in [1.54, 1.807) is 5.38 Å². The molecule has 2 aromatic carbocycles. The van der Waals surface area contributed by atoms with Crippen molar-refractivity contribution in [3.05, 3.63) is 70.7 Å². The van der Waals surface area contributed by atoms with Crippen LogP contribution in [-0.4, -0.2) is 17.4 Å². The Morgan fingerprint density at radius 2 is 2.00 bits per heavy atom. The number of thiazole rings is 1. The number of nitrogens with one attached hydrogen (secondary N) is 1. The van der Waals surface area contributed by atoms with E-state index in [4.69, 9.17) is 4.74 Å². The Hall–Kier alpha value is -2.66. The third kappa shape index (κ3) is 5.41. The van der Waals surface area contributed by atoms with E-state index in [-0.39, 0.29) is 5.91 Å². The summed E-state index contributed by atoms with van der Waals surface area (Å²) in [6, 6.07) is 16.1. The molecule has 1 aromatic heterocycles. The van der Waals surface area contributed by atoms with Crippen molar-refractivity contribution in [2.45, 2.75) is 27.4 Å². The van der Waals surface area contributed by atoms with Crippen molar-refractivity contribution in [2.24, 2.45) is 5.92 Å². The normalized spacial score (nSPS) is 10.8. The zero-order chi connectivity index (χ0) is 19.2. The predicted octanol–water partition coefficient (Wildman–Crippen LogP) is 5.08. The number of nitrogens with zero attached hydrogens (tertiary/aromatic N) is 1. The number of hydrogen-bond acceptors (Lipinski definition) is 4. The SMILES string of the molecule is Cc1cccc(COc2cccc(-c3nc(C(=O)NCC(C)C)cs3)c2)c1. The van der Waals surface area contributed by atoms with Gasteiger partial charge in [0.2, 0.25) is 0 Å². The molecule has 0 aliphatic carbocycles. The Morgan fingerprint density at radius 1 is 1.19 bits per heavy atom. The monoisotopic (exact) mass is 380 g/mol. The highest BCUT2D eigenvalue weighted by Gasteiger charge is 2.12. The largest absolute Gasteiger partial charge is 0.489 e. The lowest BCUT2D eigenvalue weighted by molar-refractivity contribution is 0.0945. The Kier molecular flexibility index (Phi) is 6.24. The molecular formula is C22H24N2O2S. The summed E-state index contributed by atoms with van der Waals surface area (Å²) in [7, 11) is 0. The number of hydrogen-bond donors (Lipinski definition) is 1. The highest BCUT2D eigenvalue weighted by molar-refractivity contribution is 7.13. The van der Waals surface area contributed by atoms with Crippen LogP contribution in [0.2, 0.25) is 0 Å². The van der Waals surface area contributed by atoms with E-state index in [2.05, 4.69) is 49.3 Å². The first-order chi connectivity index (χ1) is 13.0. The number of amides is 1. The smallest absolute Gasteiger partial charge is 0.270 e. The summed E-state index contributed by atoms with van der Waals surface area (Å²) in [6.45, 7) is 7.37. The number of ether oxygens (including phenoxy) is 1. The molecule has 0 radical (unpaired) electrons. The molecule has 0 unspecified atom stereocenters. The number of carbonyl (C=O) groups is 1. The van der Waals surface area contributed by atoms with Crippen LogP contribution in [0.1, 0.15) is 35.5 Å². The molecule has 1 amide bonds. The average molecular weight is 381 g/mol. The Bertz CT molecular complexity index is 918. The molecule has 0 spiro atoms. The Balaban J connectivity index is 1.67. The first-order valence-electron chi connectivity index (χ1n) is 9.04. The number of rotatable bonds is 7. The second-order valence-corrected chi connectivity index (χ2v) is 7.81. The molecule has 1 N–H and O–H groups in total. The molecule has 0 fully saturated rings. The van der Waals surface area contributed by atoms with Gasteiger partial charge in [-0.3, -0.25) is 4.79 Å². The highest BCUT2D eigenvalue weighted by Crippen LogP contribution is 2.27. The molecule has 140 valence electrons. The van der Waals surface area contributed by atoms with Crippen LogP contribution in [0.15, 0.2) is 53.9 Å². The van der Waals surface area contributed by atoms with Crippen LogP contribution in [0.3, 0.4) is 0 Å². The van der Waals surface area contributed by atoms with Gasteiger partial charge in [-0.2, -0.15) is 0 Å². The van der Waals surface area contributed by atoms with Gasteiger partial charge in [0.1, 0.15) is 23.1 Å². The minimum absolute atomic E-state index is 0.127. The quantitative estimate of drug-likeness (QED) is 0.622. The lowest BCUT2D eigenvalue weighted by Gasteiger charge is -2.08. The van der Waals surface area contributed by atoms with Crippen LogP contribution < -0.4 is 10.1 Å². The standard InChI is InChI=1S/C22H24N2O2S/c1-15(2)12-23-21(25)20-14-27-22(24-20)18-8-5-9-19(11-18)26-13-17-7-4-6-16(3)10-17/h4-11,14-15H,12-13H2,1-3H3,(H,23,25). The highest BCUT2D eigenvalue weighted by atomic mass is 32.1. The summed E-state index contributed by atoms with van der Waals surface area (Å²) in [5.74, 6) is 1.07. The molecule has 0 atom stereocenters. The Labute approximate surface area is 164 Å². The third-order valence-electron chi connectivity index (χ3n) is 3.98. The molecule has 1 heterocycles. The molecule has 0 aliphatic heterocycles. The lowest BCUT2D eigenvalue weighted by Crippen LogP contribution is -2.27. The van der Waals surface area contributed by atoms with Crippen LogP contribution in [0.25, 0.3) is 10.6 Å². The van der Waals surface area contributed by atoms with E-state index in [1.807, 2.05) is 30.3 Å². The van der Waals surface area contributed by atoms with Gasteiger partial charge >= 0.3 is 0 Å². The minimum atomic E-state index is -0.127. The fourth-order valence-electron chi connectivity index (χ4n) is 2.59. The van der Waals surface area contributed by atoms with Crippen LogP contribution in [0, 0.1) is 12.8 Å². The molecule has 0 bridgehead atoms. The predicted molar refractivity (Wildman–Crippen MR) is 110 cm³/mol. The number of aromatic nitrogens is 1. The maximum atomic E-state index is 12.2. The molecular weight excluding hydrogens is 356 g/mol. The second kappa shape index (κ2) is 8.82. The van der Waals surface area contributed by atoms with E-state index < -0.39 is 0 Å². The number of benzene rings is 2. The lowest BCUT2D eigenvalue weighted by atomic mass is 10.1. The van der Waals surface area contributed by atoms with Crippen molar-refractivity contribution in [1.29, 1.82) is 0 Å². The fraction of sp³-hybridized carbons (Fsp3) is 0.273. The third-order valence-corrected chi connectivity index (χ3v) is 4.87. The van der Waals surface area contributed by atoms with Gasteiger partial charge in [0.15, 0.2) is 0 Å². The number of aryl methyl sites for hydroxylation is 1. The van der Waals surface area contributed by atoms with Crippen LogP contribution in [-0.2, 0) is 6.61 Å². The van der Waals surface area contributed by atoms with Crippen molar-refractivity contribution in [3.63, 3.8) is 0 Å². The summed E-state index contributed by atoms with van der Waals surface area (Å²) < 4.78 is 5.93. The van der Waals surface area contributed by atoms with Gasteiger partial charge in [-0.05, 0) is 30.5 Å². The summed E-state index contributed by atoms with van der Waals surface area (Å²) in [6.07, 6.45) is 0. The summed E-state index contributed by atoms with van der Waals surface area (Å²) in [5, 5.41) is 5.51. The van der Waals surface area contributed by atoms with Gasteiger partial charge in [0, 0.05) is 17.5 Å². The van der Waals surface area contributed by atoms with E-state index in [0.717, 1.165) is 21.9 Å². The van der Waals surface area contributed by atoms with Crippen molar-refractivity contribution in [2.75, 3.05) is 6.54 Å². The number of carbonyl (C=O) groups excluding carboxylic acids is 1. The molecule has 0 aliphatic rings. The van der Waals surface area contributed by atoms with Crippen LogP contribution >= 0.6 is 11.3 Å². The minimum Gasteiger partial charge on any atom is -0.489 e. The van der Waals surface area contributed by atoms with E-state index >= 15 is 0 Å². The van der Waals surface area contributed by atoms with Crippen molar-refractivity contribution in [3.8, 4) is 16.3 Å². The van der Waals surface area contributed by atoms with Gasteiger partial charge in [-0.25, -0.2) is 4.98 Å². The maximum Gasteiger partial charge on any atom is 0.270 e. The first-order valence-corrected chi connectivity index (χ1v) is 9.92. The van der Waals surface area contributed by atoms with Gasteiger partial charge in [0.25, 0.3) is 5.91 Å². The molecule has 3 rings (SSSR count). The van der Waals surface area contributed by atoms with Crippen LogP contribution in [0.5, 0.6) is 5.75 Å². The molecule has 3 aromatic rings. The molecule has 5 heteroatoms. The van der Waals surface area contributed by atoms with Crippen molar-refractivity contribution in [1.82, 2.24) is 10.3 Å². The first kappa shape index (κ1) is 19.1.